The number of nitrogens with zero attached hydrogens (tertiary/aromatic N) is 1. The number of rotatable bonds is 8. The average Bonchev–Trinajstić information content (AvgIpc) is 3.22. The van der Waals surface area contributed by atoms with Gasteiger partial charge in [-0.3, -0.25) is 4.79 Å². The van der Waals surface area contributed by atoms with Gasteiger partial charge in [0.05, 0.1) is 18.4 Å². The van der Waals surface area contributed by atoms with Gasteiger partial charge in [0, 0.05) is 5.56 Å². The fourth-order valence-corrected chi connectivity index (χ4v) is 2.44. The molecule has 7 nitrogen and oxygen atoms in total. The molecule has 1 heterocycles. The predicted octanol–water partition coefficient (Wildman–Crippen LogP) is 3.79. The molecule has 3 rings (SSSR count). The summed E-state index contributed by atoms with van der Waals surface area (Å²) in [5, 5.41) is 3.81. The lowest BCUT2D eigenvalue weighted by molar-refractivity contribution is -0.123. The van der Waals surface area contributed by atoms with Crippen molar-refractivity contribution in [3.8, 4) is 17.1 Å². The predicted molar refractivity (Wildman–Crippen MR) is 108 cm³/mol. The SMILES string of the molecule is CCOC(=O)c1ccc(-c2ccc(/C=N\NC(=O)COc3ccc(F)cc3)o2)cc1. The van der Waals surface area contributed by atoms with Crippen LogP contribution in [-0.2, 0) is 9.53 Å². The number of furan rings is 1. The fraction of sp³-hybridized carbons (Fsp3) is 0.136. The van der Waals surface area contributed by atoms with Crippen LogP contribution in [0.15, 0.2) is 70.2 Å². The van der Waals surface area contributed by atoms with Crippen LogP contribution in [0.3, 0.4) is 0 Å². The second kappa shape index (κ2) is 10.0. The Morgan fingerprint density at radius 3 is 2.50 bits per heavy atom. The number of hydrogen-bond donors (Lipinski definition) is 1. The number of nitrogens with one attached hydrogen (secondary N) is 1. The Morgan fingerprint density at radius 2 is 1.80 bits per heavy atom. The third-order valence-corrected chi connectivity index (χ3v) is 3.87. The molecule has 8 heteroatoms. The lowest BCUT2D eigenvalue weighted by atomic mass is 10.1. The zero-order valence-electron chi connectivity index (χ0n) is 16.1. The van der Waals surface area contributed by atoms with Crippen molar-refractivity contribution < 1.29 is 27.9 Å². The molecule has 0 fully saturated rings. The summed E-state index contributed by atoms with van der Waals surface area (Å²) in [7, 11) is 0. The van der Waals surface area contributed by atoms with E-state index in [1.165, 1.54) is 30.5 Å². The summed E-state index contributed by atoms with van der Waals surface area (Å²) in [6.45, 7) is 1.80. The highest BCUT2D eigenvalue weighted by molar-refractivity contribution is 5.90. The van der Waals surface area contributed by atoms with Gasteiger partial charge >= 0.3 is 5.97 Å². The molecule has 30 heavy (non-hydrogen) atoms. The van der Waals surface area contributed by atoms with Crippen molar-refractivity contribution in [2.75, 3.05) is 13.2 Å². The third-order valence-electron chi connectivity index (χ3n) is 3.87. The number of carbonyl (C=O) groups excluding carboxylic acids is 2. The van der Waals surface area contributed by atoms with Gasteiger partial charge in [-0.1, -0.05) is 12.1 Å². The van der Waals surface area contributed by atoms with E-state index in [1.807, 2.05) is 0 Å². The highest BCUT2D eigenvalue weighted by Gasteiger charge is 2.08. The molecule has 0 radical (unpaired) electrons. The molecule has 2 aromatic carbocycles. The van der Waals surface area contributed by atoms with Gasteiger partial charge in [0.2, 0.25) is 0 Å². The van der Waals surface area contributed by atoms with E-state index in [4.69, 9.17) is 13.9 Å². The summed E-state index contributed by atoms with van der Waals surface area (Å²) in [4.78, 5) is 23.4. The Kier molecular flexibility index (Phi) is 6.94. The number of hydrazone groups is 1. The number of ether oxygens (including phenoxy) is 2. The molecule has 1 amide bonds. The minimum atomic E-state index is -0.475. The van der Waals surface area contributed by atoms with E-state index in [1.54, 1.807) is 43.3 Å². The molecule has 0 bridgehead atoms. The minimum absolute atomic E-state index is 0.265. The first kappa shape index (κ1) is 20.8. The number of amides is 1. The van der Waals surface area contributed by atoms with Crippen LogP contribution in [0.2, 0.25) is 0 Å². The molecule has 3 aromatic rings. The van der Waals surface area contributed by atoms with E-state index in [0.29, 0.717) is 29.4 Å². The van der Waals surface area contributed by atoms with Gasteiger partial charge in [0.25, 0.3) is 5.91 Å². The Bertz CT molecular complexity index is 1030. The second-order valence-corrected chi connectivity index (χ2v) is 6.04. The maximum Gasteiger partial charge on any atom is 0.338 e. The zero-order chi connectivity index (χ0) is 21.3. The normalized spacial score (nSPS) is 10.7. The van der Waals surface area contributed by atoms with E-state index >= 15 is 0 Å². The minimum Gasteiger partial charge on any atom is -0.484 e. The number of carbonyl (C=O) groups is 2. The van der Waals surface area contributed by atoms with Crippen molar-refractivity contribution in [2.24, 2.45) is 5.10 Å². The highest BCUT2D eigenvalue weighted by Crippen LogP contribution is 2.22. The third kappa shape index (κ3) is 5.78. The second-order valence-electron chi connectivity index (χ2n) is 6.04. The molecule has 1 aromatic heterocycles. The van der Waals surface area contributed by atoms with Gasteiger partial charge in [-0.05, 0) is 55.5 Å². The van der Waals surface area contributed by atoms with Gasteiger partial charge < -0.3 is 13.9 Å². The summed E-state index contributed by atoms with van der Waals surface area (Å²) in [6, 6.07) is 15.6. The van der Waals surface area contributed by atoms with Crippen LogP contribution in [0, 0.1) is 5.82 Å². The van der Waals surface area contributed by atoms with Crippen molar-refractivity contribution in [2.45, 2.75) is 6.92 Å². The van der Waals surface area contributed by atoms with Crippen molar-refractivity contribution in [3.05, 3.63) is 77.8 Å². The summed E-state index contributed by atoms with van der Waals surface area (Å²) in [5.74, 6) is 0.147. The first-order valence-electron chi connectivity index (χ1n) is 9.13. The molecular formula is C22H19FN2O5. The number of halogens is 1. The van der Waals surface area contributed by atoms with Gasteiger partial charge in [-0.25, -0.2) is 14.6 Å². The van der Waals surface area contributed by atoms with Crippen molar-refractivity contribution in [1.29, 1.82) is 0 Å². The monoisotopic (exact) mass is 410 g/mol. The Hall–Kier alpha value is -3.94. The molecule has 0 unspecified atom stereocenters. The molecule has 0 aliphatic rings. The quantitative estimate of drug-likeness (QED) is 0.347. The standard InChI is InChI=1S/C22H19FN2O5/c1-2-28-22(27)16-5-3-15(4-6-16)20-12-11-19(30-20)13-24-25-21(26)14-29-18-9-7-17(23)8-10-18/h3-13H,2,14H2,1H3,(H,25,26)/b24-13-. The van der Waals surface area contributed by atoms with Crippen LogP contribution in [0.4, 0.5) is 4.39 Å². The van der Waals surface area contributed by atoms with Crippen LogP contribution in [0.5, 0.6) is 5.75 Å². The van der Waals surface area contributed by atoms with Crippen molar-refractivity contribution in [1.82, 2.24) is 5.43 Å². The molecule has 0 aliphatic heterocycles. The lowest BCUT2D eigenvalue weighted by Gasteiger charge is -2.04. The first-order chi connectivity index (χ1) is 14.5. The molecule has 0 atom stereocenters. The van der Waals surface area contributed by atoms with E-state index < -0.39 is 5.91 Å². The van der Waals surface area contributed by atoms with Gasteiger partial charge in [0.15, 0.2) is 6.61 Å². The number of hydrogen-bond acceptors (Lipinski definition) is 6. The van der Waals surface area contributed by atoms with Crippen molar-refractivity contribution >= 4 is 18.1 Å². The summed E-state index contributed by atoms with van der Waals surface area (Å²) in [5.41, 5.74) is 3.55. The zero-order valence-corrected chi connectivity index (χ0v) is 16.1. The Labute approximate surface area is 172 Å². The van der Waals surface area contributed by atoms with Crippen LogP contribution in [0.1, 0.15) is 23.0 Å². The molecule has 0 aliphatic carbocycles. The Balaban J connectivity index is 1.51. The fourth-order valence-electron chi connectivity index (χ4n) is 2.44. The maximum atomic E-state index is 12.8. The van der Waals surface area contributed by atoms with Gasteiger partial charge in [-0.2, -0.15) is 5.10 Å². The number of esters is 1. The van der Waals surface area contributed by atoms with Crippen LogP contribution < -0.4 is 10.2 Å². The molecule has 0 spiro atoms. The summed E-state index contributed by atoms with van der Waals surface area (Å²) in [6.07, 6.45) is 1.35. The molecule has 0 saturated heterocycles. The van der Waals surface area contributed by atoms with E-state index in [2.05, 4.69) is 10.5 Å². The smallest absolute Gasteiger partial charge is 0.338 e. The molecular weight excluding hydrogens is 391 g/mol. The molecule has 1 N–H and O–H groups in total. The van der Waals surface area contributed by atoms with Crippen LogP contribution >= 0.6 is 0 Å². The van der Waals surface area contributed by atoms with Crippen LogP contribution in [-0.4, -0.2) is 31.3 Å². The number of benzene rings is 2. The molecule has 154 valence electrons. The van der Waals surface area contributed by atoms with Crippen molar-refractivity contribution in [3.63, 3.8) is 0 Å². The van der Waals surface area contributed by atoms with Crippen LogP contribution in [0.25, 0.3) is 11.3 Å². The maximum absolute atomic E-state index is 12.8. The average molecular weight is 410 g/mol. The summed E-state index contributed by atoms with van der Waals surface area (Å²) >= 11 is 0. The van der Waals surface area contributed by atoms with E-state index in [-0.39, 0.29) is 18.4 Å². The van der Waals surface area contributed by atoms with E-state index in [9.17, 15) is 14.0 Å². The molecule has 0 saturated carbocycles. The Morgan fingerprint density at radius 1 is 1.07 bits per heavy atom. The largest absolute Gasteiger partial charge is 0.484 e. The topological polar surface area (TPSA) is 90.1 Å². The van der Waals surface area contributed by atoms with Gasteiger partial charge in [0.1, 0.15) is 23.1 Å². The van der Waals surface area contributed by atoms with E-state index in [0.717, 1.165) is 5.56 Å². The highest BCUT2D eigenvalue weighted by atomic mass is 19.1. The first-order valence-corrected chi connectivity index (χ1v) is 9.13. The van der Waals surface area contributed by atoms with Gasteiger partial charge in [-0.15, -0.1) is 0 Å². The summed E-state index contributed by atoms with van der Waals surface area (Å²) < 4.78 is 28.6. The lowest BCUT2D eigenvalue weighted by Crippen LogP contribution is -2.24.